The van der Waals surface area contributed by atoms with Crippen LogP contribution in [-0.4, -0.2) is 12.2 Å². The third kappa shape index (κ3) is 2.01. The largest absolute Gasteiger partial charge is 0.370 e. The molecule has 1 fully saturated rings. The lowest BCUT2D eigenvalue weighted by Gasteiger charge is -2.12. The van der Waals surface area contributed by atoms with Crippen molar-refractivity contribution in [3.8, 4) is 0 Å². The fraction of sp³-hybridized carbons (Fsp3) is 0.667. The van der Waals surface area contributed by atoms with E-state index in [0.717, 1.165) is 0 Å². The summed E-state index contributed by atoms with van der Waals surface area (Å²) in [5, 5.41) is 2.20. The van der Waals surface area contributed by atoms with Crippen molar-refractivity contribution in [3.05, 3.63) is 21.9 Å². The van der Waals surface area contributed by atoms with E-state index in [0.29, 0.717) is 18.1 Å². The van der Waals surface area contributed by atoms with Crippen LogP contribution < -0.4 is 0 Å². The van der Waals surface area contributed by atoms with E-state index in [9.17, 15) is 0 Å². The Morgan fingerprint density at radius 2 is 2.29 bits per heavy atom. The van der Waals surface area contributed by atoms with Gasteiger partial charge in [0.05, 0.1) is 12.2 Å². The maximum atomic E-state index is 5.49. The smallest absolute Gasteiger partial charge is 0.0845 e. The van der Waals surface area contributed by atoms with Crippen LogP contribution in [0.25, 0.3) is 0 Å². The predicted molar refractivity (Wildman–Crippen MR) is 61.0 cm³/mol. The highest BCUT2D eigenvalue weighted by Crippen LogP contribution is 2.37. The summed E-state index contributed by atoms with van der Waals surface area (Å²) in [7, 11) is 0. The number of rotatable bonds is 4. The number of aryl methyl sites for hydroxylation is 1. The summed E-state index contributed by atoms with van der Waals surface area (Å²) in [6.45, 7) is 6.65. The van der Waals surface area contributed by atoms with Gasteiger partial charge in [0, 0.05) is 4.88 Å². The zero-order valence-corrected chi connectivity index (χ0v) is 9.93. The van der Waals surface area contributed by atoms with Crippen molar-refractivity contribution in [1.29, 1.82) is 0 Å². The number of thiophene rings is 1. The third-order valence-electron chi connectivity index (χ3n) is 3.12. The van der Waals surface area contributed by atoms with E-state index >= 15 is 0 Å². The molecule has 0 bridgehead atoms. The molecule has 78 valence electrons. The van der Waals surface area contributed by atoms with E-state index in [-0.39, 0.29) is 0 Å². The molecule has 2 heterocycles. The molecule has 0 N–H and O–H groups in total. The maximum absolute atomic E-state index is 5.49. The molecule has 3 unspecified atom stereocenters. The molecule has 0 aromatic carbocycles. The normalized spacial score (nSPS) is 27.6. The van der Waals surface area contributed by atoms with Crippen LogP contribution in [0, 0.1) is 6.92 Å². The van der Waals surface area contributed by atoms with E-state index in [2.05, 4.69) is 32.2 Å². The monoisotopic (exact) mass is 210 g/mol. The first-order valence-corrected chi connectivity index (χ1v) is 6.29. The molecule has 1 nitrogen and oxygen atoms in total. The molecule has 0 saturated carbocycles. The maximum Gasteiger partial charge on any atom is 0.0845 e. The fourth-order valence-corrected chi connectivity index (χ4v) is 3.15. The van der Waals surface area contributed by atoms with Gasteiger partial charge in [-0.25, -0.2) is 0 Å². The molecular weight excluding hydrogens is 192 g/mol. The lowest BCUT2D eigenvalue weighted by atomic mass is 9.95. The van der Waals surface area contributed by atoms with Crippen molar-refractivity contribution < 1.29 is 4.74 Å². The molecule has 2 heteroatoms. The Kier molecular flexibility index (Phi) is 2.93. The highest BCUT2D eigenvalue weighted by molar-refractivity contribution is 7.10. The second-order valence-corrected chi connectivity index (χ2v) is 5.14. The van der Waals surface area contributed by atoms with Crippen molar-refractivity contribution in [2.45, 2.75) is 51.7 Å². The third-order valence-corrected chi connectivity index (χ3v) is 4.30. The van der Waals surface area contributed by atoms with Gasteiger partial charge in [0.2, 0.25) is 0 Å². The Labute approximate surface area is 90.1 Å². The van der Waals surface area contributed by atoms with Gasteiger partial charge in [0.15, 0.2) is 0 Å². The zero-order chi connectivity index (χ0) is 10.1. The molecular formula is C12H18OS. The highest BCUT2D eigenvalue weighted by Gasteiger charge is 2.36. The zero-order valence-electron chi connectivity index (χ0n) is 9.12. The van der Waals surface area contributed by atoms with Gasteiger partial charge in [-0.15, -0.1) is 11.3 Å². The van der Waals surface area contributed by atoms with Crippen LogP contribution in [-0.2, 0) is 4.74 Å². The van der Waals surface area contributed by atoms with Crippen LogP contribution in [0.1, 0.15) is 43.0 Å². The number of hydrogen-bond donors (Lipinski definition) is 0. The summed E-state index contributed by atoms with van der Waals surface area (Å²) in [5.41, 5.74) is 1.45. The average Bonchev–Trinajstić information content (AvgIpc) is 2.68. The molecule has 2 rings (SSSR count). The van der Waals surface area contributed by atoms with E-state index < -0.39 is 0 Å². The Morgan fingerprint density at radius 1 is 1.57 bits per heavy atom. The summed E-state index contributed by atoms with van der Waals surface area (Å²) in [5.74, 6) is 0.713. The number of hydrogen-bond acceptors (Lipinski definition) is 2. The molecule has 14 heavy (non-hydrogen) atoms. The minimum atomic E-state index is 0.504. The molecule has 0 aliphatic carbocycles. The number of epoxide rings is 1. The lowest BCUT2D eigenvalue weighted by Crippen LogP contribution is -2.02. The molecule has 1 aliphatic heterocycles. The summed E-state index contributed by atoms with van der Waals surface area (Å²) in [6.07, 6.45) is 3.47. The quantitative estimate of drug-likeness (QED) is 0.690. The molecule has 0 amide bonds. The van der Waals surface area contributed by atoms with Gasteiger partial charge < -0.3 is 4.74 Å². The highest BCUT2D eigenvalue weighted by atomic mass is 32.1. The first-order valence-electron chi connectivity index (χ1n) is 5.41. The molecule has 1 saturated heterocycles. The first kappa shape index (κ1) is 10.2. The van der Waals surface area contributed by atoms with Crippen LogP contribution in [0.5, 0.6) is 0 Å². The van der Waals surface area contributed by atoms with Gasteiger partial charge in [0.1, 0.15) is 0 Å². The number of ether oxygens (including phenoxy) is 1. The minimum Gasteiger partial charge on any atom is -0.370 e. The second-order valence-electron chi connectivity index (χ2n) is 4.19. The predicted octanol–water partition coefficient (Wildman–Crippen LogP) is 3.73. The molecule has 1 aromatic rings. The van der Waals surface area contributed by atoms with Crippen LogP contribution >= 0.6 is 11.3 Å². The average molecular weight is 210 g/mol. The van der Waals surface area contributed by atoms with Gasteiger partial charge in [-0.3, -0.25) is 0 Å². The van der Waals surface area contributed by atoms with Crippen molar-refractivity contribution in [3.63, 3.8) is 0 Å². The summed E-state index contributed by atoms with van der Waals surface area (Å²) in [6, 6.07) is 2.22. The Bertz CT molecular complexity index is 305. The molecule has 1 aromatic heterocycles. The fourth-order valence-electron chi connectivity index (χ4n) is 2.02. The van der Waals surface area contributed by atoms with Crippen molar-refractivity contribution in [1.82, 2.24) is 0 Å². The Hall–Kier alpha value is -0.340. The van der Waals surface area contributed by atoms with Gasteiger partial charge in [-0.05, 0) is 49.6 Å². The standard InChI is InChI=1S/C12H18OS/c1-4-10(7-11-9(3)13-11)12-8(2)5-6-14-12/h5-6,9-11H,4,7H2,1-3H3. The van der Waals surface area contributed by atoms with Gasteiger partial charge in [0.25, 0.3) is 0 Å². The second kappa shape index (κ2) is 4.03. The summed E-state index contributed by atoms with van der Waals surface area (Å²) in [4.78, 5) is 1.57. The van der Waals surface area contributed by atoms with Crippen LogP contribution in [0.2, 0.25) is 0 Å². The van der Waals surface area contributed by atoms with E-state index in [1.807, 2.05) is 11.3 Å². The van der Waals surface area contributed by atoms with Crippen molar-refractivity contribution in [2.24, 2.45) is 0 Å². The summed E-state index contributed by atoms with van der Waals surface area (Å²) < 4.78 is 5.49. The summed E-state index contributed by atoms with van der Waals surface area (Å²) >= 11 is 1.90. The lowest BCUT2D eigenvalue weighted by molar-refractivity contribution is 0.358. The SMILES string of the molecule is CCC(CC1OC1C)c1sccc1C. The molecule has 3 atom stereocenters. The van der Waals surface area contributed by atoms with Crippen LogP contribution in [0.3, 0.4) is 0 Å². The minimum absolute atomic E-state index is 0.504. The molecule has 0 radical (unpaired) electrons. The van der Waals surface area contributed by atoms with Crippen molar-refractivity contribution >= 4 is 11.3 Å². The Balaban J connectivity index is 2.02. The van der Waals surface area contributed by atoms with Gasteiger partial charge in [-0.1, -0.05) is 6.92 Å². The van der Waals surface area contributed by atoms with Gasteiger partial charge >= 0.3 is 0 Å². The van der Waals surface area contributed by atoms with Crippen LogP contribution in [0.4, 0.5) is 0 Å². The van der Waals surface area contributed by atoms with E-state index in [1.165, 1.54) is 18.4 Å². The first-order chi connectivity index (χ1) is 6.72. The molecule has 1 aliphatic rings. The molecule has 0 spiro atoms. The Morgan fingerprint density at radius 3 is 2.71 bits per heavy atom. The van der Waals surface area contributed by atoms with Crippen LogP contribution in [0.15, 0.2) is 11.4 Å². The van der Waals surface area contributed by atoms with Gasteiger partial charge in [-0.2, -0.15) is 0 Å². The van der Waals surface area contributed by atoms with Crippen molar-refractivity contribution in [2.75, 3.05) is 0 Å². The van der Waals surface area contributed by atoms with E-state index in [1.54, 1.807) is 4.88 Å². The topological polar surface area (TPSA) is 12.5 Å². The van der Waals surface area contributed by atoms with E-state index in [4.69, 9.17) is 4.74 Å².